The third kappa shape index (κ3) is 5.26. The number of amides is 2. The highest BCUT2D eigenvalue weighted by atomic mass is 16.5. The molecule has 172 valence electrons. The summed E-state index contributed by atoms with van der Waals surface area (Å²) in [5.41, 5.74) is 4.40. The maximum Gasteiger partial charge on any atom is 0.262 e. The van der Waals surface area contributed by atoms with Gasteiger partial charge in [-0.1, -0.05) is 68.4 Å². The van der Waals surface area contributed by atoms with E-state index in [2.05, 4.69) is 24.5 Å². The van der Waals surface area contributed by atoms with Crippen LogP contribution < -0.4 is 15.4 Å². The zero-order chi connectivity index (χ0) is 23.9. The Balaban J connectivity index is 1.37. The summed E-state index contributed by atoms with van der Waals surface area (Å²) in [6.45, 7) is 4.03. The number of rotatable bonds is 8. The first-order valence-corrected chi connectivity index (χ1v) is 11.5. The van der Waals surface area contributed by atoms with Gasteiger partial charge in [0.05, 0.1) is 0 Å². The fourth-order valence-electron chi connectivity index (χ4n) is 3.96. The molecule has 0 aliphatic rings. The van der Waals surface area contributed by atoms with Crippen LogP contribution in [0.15, 0.2) is 84.9 Å². The van der Waals surface area contributed by atoms with Crippen LogP contribution in [0.4, 0.5) is 11.4 Å². The molecule has 2 N–H and O–H groups in total. The Bertz CT molecular complexity index is 1290. The van der Waals surface area contributed by atoms with Crippen LogP contribution in [0.2, 0.25) is 0 Å². The molecule has 0 heterocycles. The average molecular weight is 453 g/mol. The molecule has 0 aromatic heterocycles. The molecule has 0 spiro atoms. The topological polar surface area (TPSA) is 67.4 Å². The Labute approximate surface area is 199 Å². The van der Waals surface area contributed by atoms with Gasteiger partial charge in [-0.3, -0.25) is 9.59 Å². The van der Waals surface area contributed by atoms with Crippen molar-refractivity contribution in [2.45, 2.75) is 26.7 Å². The Morgan fingerprint density at radius 2 is 1.38 bits per heavy atom. The predicted molar refractivity (Wildman–Crippen MR) is 138 cm³/mol. The van der Waals surface area contributed by atoms with Crippen LogP contribution in [0.1, 0.15) is 35.3 Å². The average Bonchev–Trinajstić information content (AvgIpc) is 2.88. The molecule has 0 unspecified atom stereocenters. The maximum atomic E-state index is 12.8. The second kappa shape index (κ2) is 10.7. The lowest BCUT2D eigenvalue weighted by molar-refractivity contribution is -0.118. The monoisotopic (exact) mass is 452 g/mol. The quantitative estimate of drug-likeness (QED) is 0.333. The van der Waals surface area contributed by atoms with Crippen molar-refractivity contribution in [1.82, 2.24) is 0 Å². The molecule has 0 saturated heterocycles. The van der Waals surface area contributed by atoms with Gasteiger partial charge >= 0.3 is 0 Å². The highest BCUT2D eigenvalue weighted by Gasteiger charge is 2.12. The fourth-order valence-corrected chi connectivity index (χ4v) is 3.96. The number of hydrogen-bond donors (Lipinski definition) is 2. The minimum absolute atomic E-state index is 0.126. The van der Waals surface area contributed by atoms with Gasteiger partial charge in [-0.05, 0) is 59.7 Å². The summed E-state index contributed by atoms with van der Waals surface area (Å²) in [4.78, 5) is 25.3. The second-order valence-electron chi connectivity index (χ2n) is 8.00. The molecule has 5 heteroatoms. The molecule has 34 heavy (non-hydrogen) atoms. The van der Waals surface area contributed by atoms with Crippen molar-refractivity contribution >= 4 is 34.0 Å². The van der Waals surface area contributed by atoms with Crippen LogP contribution in [-0.4, -0.2) is 18.4 Å². The number of hydrogen-bond acceptors (Lipinski definition) is 3. The van der Waals surface area contributed by atoms with Crippen LogP contribution in [0.5, 0.6) is 5.75 Å². The molecule has 0 aliphatic carbocycles. The minimum Gasteiger partial charge on any atom is -0.484 e. The van der Waals surface area contributed by atoms with Gasteiger partial charge in [0.2, 0.25) is 0 Å². The van der Waals surface area contributed by atoms with E-state index in [9.17, 15) is 9.59 Å². The Morgan fingerprint density at radius 3 is 2.09 bits per heavy atom. The summed E-state index contributed by atoms with van der Waals surface area (Å²) in [6.07, 6.45) is 1.69. The highest BCUT2D eigenvalue weighted by molar-refractivity contribution is 6.05. The number of anilines is 2. The van der Waals surface area contributed by atoms with Crippen molar-refractivity contribution in [2.24, 2.45) is 0 Å². The standard InChI is InChI=1S/C29H28N2O3/c1-3-20-10-7-11-21(4-2)28(20)31-29(33)23-15-17-24(18-16-23)34-19-27(32)30-26-14-8-12-22-9-5-6-13-25(22)26/h5-18H,3-4,19H2,1-2H3,(H,30,32)(H,31,33). The molecule has 0 bridgehead atoms. The lowest BCUT2D eigenvalue weighted by atomic mass is 10.0. The van der Waals surface area contributed by atoms with Crippen LogP contribution in [0, 0.1) is 0 Å². The molecule has 4 aromatic carbocycles. The van der Waals surface area contributed by atoms with Gasteiger partial charge in [-0.15, -0.1) is 0 Å². The molecule has 0 saturated carbocycles. The number of nitrogens with one attached hydrogen (secondary N) is 2. The van der Waals surface area contributed by atoms with Crippen molar-refractivity contribution in [3.8, 4) is 5.75 Å². The molecule has 4 aromatic rings. The van der Waals surface area contributed by atoms with E-state index in [1.807, 2.05) is 60.7 Å². The predicted octanol–water partition coefficient (Wildman–Crippen LogP) is 6.23. The summed E-state index contributed by atoms with van der Waals surface area (Å²) < 4.78 is 5.63. The number of benzene rings is 4. The van der Waals surface area contributed by atoms with Gasteiger partial charge in [-0.2, -0.15) is 0 Å². The van der Waals surface area contributed by atoms with E-state index in [1.54, 1.807) is 24.3 Å². The Morgan fingerprint density at radius 1 is 0.735 bits per heavy atom. The van der Waals surface area contributed by atoms with E-state index in [0.717, 1.165) is 46.1 Å². The van der Waals surface area contributed by atoms with E-state index in [0.29, 0.717) is 11.3 Å². The molecule has 5 nitrogen and oxygen atoms in total. The minimum atomic E-state index is -0.249. The van der Waals surface area contributed by atoms with Gasteiger partial charge in [0, 0.05) is 22.3 Å². The van der Waals surface area contributed by atoms with E-state index < -0.39 is 0 Å². The maximum absolute atomic E-state index is 12.8. The normalized spacial score (nSPS) is 10.6. The fraction of sp³-hybridized carbons (Fsp3) is 0.172. The number of carbonyl (C=O) groups is 2. The van der Waals surface area contributed by atoms with Gasteiger partial charge in [0.25, 0.3) is 11.8 Å². The lowest BCUT2D eigenvalue weighted by Gasteiger charge is -2.14. The van der Waals surface area contributed by atoms with Crippen LogP contribution in [-0.2, 0) is 17.6 Å². The van der Waals surface area contributed by atoms with Crippen molar-refractivity contribution < 1.29 is 14.3 Å². The van der Waals surface area contributed by atoms with E-state index >= 15 is 0 Å². The third-order valence-electron chi connectivity index (χ3n) is 5.79. The number of fused-ring (bicyclic) bond motifs is 1. The number of ether oxygens (including phenoxy) is 1. The second-order valence-corrected chi connectivity index (χ2v) is 8.00. The van der Waals surface area contributed by atoms with E-state index in [1.165, 1.54) is 0 Å². The molecular weight excluding hydrogens is 424 g/mol. The van der Waals surface area contributed by atoms with Gasteiger partial charge in [0.15, 0.2) is 6.61 Å². The SMILES string of the molecule is CCc1cccc(CC)c1NC(=O)c1ccc(OCC(=O)Nc2cccc3ccccc23)cc1. The molecule has 0 fully saturated rings. The van der Waals surface area contributed by atoms with Crippen molar-refractivity contribution in [2.75, 3.05) is 17.2 Å². The van der Waals surface area contributed by atoms with Crippen molar-refractivity contribution in [3.05, 3.63) is 102 Å². The van der Waals surface area contributed by atoms with Crippen LogP contribution >= 0.6 is 0 Å². The number of carbonyl (C=O) groups excluding carboxylic acids is 2. The first-order chi connectivity index (χ1) is 16.6. The van der Waals surface area contributed by atoms with Gasteiger partial charge in [0.1, 0.15) is 5.75 Å². The molecule has 0 atom stereocenters. The molecule has 0 aliphatic heterocycles. The van der Waals surface area contributed by atoms with Crippen molar-refractivity contribution in [1.29, 1.82) is 0 Å². The Hall–Kier alpha value is -4.12. The smallest absolute Gasteiger partial charge is 0.262 e. The van der Waals surface area contributed by atoms with Gasteiger partial charge in [-0.25, -0.2) is 0 Å². The van der Waals surface area contributed by atoms with Gasteiger partial charge < -0.3 is 15.4 Å². The largest absolute Gasteiger partial charge is 0.484 e. The lowest BCUT2D eigenvalue weighted by Crippen LogP contribution is -2.20. The summed E-state index contributed by atoms with van der Waals surface area (Å²) in [5, 5.41) is 8.01. The summed E-state index contributed by atoms with van der Waals surface area (Å²) in [5.74, 6) is 0.102. The summed E-state index contributed by atoms with van der Waals surface area (Å²) in [6, 6.07) is 26.6. The summed E-state index contributed by atoms with van der Waals surface area (Å²) >= 11 is 0. The first kappa shape index (κ1) is 23.1. The molecule has 0 radical (unpaired) electrons. The third-order valence-corrected chi connectivity index (χ3v) is 5.79. The molecule has 4 rings (SSSR count). The highest BCUT2D eigenvalue weighted by Crippen LogP contribution is 2.24. The zero-order valence-corrected chi connectivity index (χ0v) is 19.4. The van der Waals surface area contributed by atoms with Crippen LogP contribution in [0.3, 0.4) is 0 Å². The molecular formula is C29H28N2O3. The summed E-state index contributed by atoms with van der Waals surface area (Å²) in [7, 11) is 0. The first-order valence-electron chi connectivity index (χ1n) is 11.5. The number of para-hydroxylation sites is 1. The van der Waals surface area contributed by atoms with E-state index in [-0.39, 0.29) is 18.4 Å². The van der Waals surface area contributed by atoms with Crippen molar-refractivity contribution in [3.63, 3.8) is 0 Å². The zero-order valence-electron chi connectivity index (χ0n) is 19.4. The molecule has 2 amide bonds. The van der Waals surface area contributed by atoms with E-state index in [4.69, 9.17) is 4.74 Å². The number of aryl methyl sites for hydroxylation is 2. The van der Waals surface area contributed by atoms with Crippen LogP contribution in [0.25, 0.3) is 10.8 Å². The Kier molecular flexibility index (Phi) is 7.23.